The number of benzene rings is 2. The van der Waals surface area contributed by atoms with Crippen molar-refractivity contribution in [2.45, 2.75) is 13.3 Å². The molecule has 0 spiro atoms. The van der Waals surface area contributed by atoms with Crippen LogP contribution in [0.2, 0.25) is 0 Å². The predicted octanol–water partition coefficient (Wildman–Crippen LogP) is 4.19. The molecule has 0 nitrogen and oxygen atoms in total. The second kappa shape index (κ2) is 4.44. The molecule has 82 valence electrons. The van der Waals surface area contributed by atoms with E-state index in [0.29, 0.717) is 5.56 Å². The smallest absolute Gasteiger partial charge is 0.133 e. The summed E-state index contributed by atoms with van der Waals surface area (Å²) in [4.78, 5) is 0. The molecular formula is C14H12F2. The first-order valence-corrected chi connectivity index (χ1v) is 5.25. The van der Waals surface area contributed by atoms with Gasteiger partial charge in [0.2, 0.25) is 0 Å². The molecule has 0 N–H and O–H groups in total. The van der Waals surface area contributed by atoms with E-state index in [4.69, 9.17) is 0 Å². The fourth-order valence-corrected chi connectivity index (χ4v) is 1.68. The van der Waals surface area contributed by atoms with Crippen LogP contribution in [0, 0.1) is 11.6 Å². The Labute approximate surface area is 93.5 Å². The predicted molar refractivity (Wildman–Crippen MR) is 61.2 cm³/mol. The zero-order valence-electron chi connectivity index (χ0n) is 9.00. The lowest BCUT2D eigenvalue weighted by Crippen LogP contribution is -1.89. The number of hydrogen-bond acceptors (Lipinski definition) is 0. The van der Waals surface area contributed by atoms with Crippen molar-refractivity contribution in [3.05, 3.63) is 59.7 Å². The minimum absolute atomic E-state index is 0.0464. The molecule has 0 heterocycles. The molecule has 2 rings (SSSR count). The molecular weight excluding hydrogens is 206 g/mol. The molecule has 0 radical (unpaired) electrons. The highest BCUT2D eigenvalue weighted by atomic mass is 19.1. The van der Waals surface area contributed by atoms with Crippen LogP contribution in [0.25, 0.3) is 11.1 Å². The van der Waals surface area contributed by atoms with Gasteiger partial charge in [-0.3, -0.25) is 0 Å². The van der Waals surface area contributed by atoms with E-state index in [1.165, 1.54) is 18.2 Å². The van der Waals surface area contributed by atoms with Gasteiger partial charge in [-0.15, -0.1) is 0 Å². The van der Waals surface area contributed by atoms with E-state index < -0.39 is 11.6 Å². The van der Waals surface area contributed by atoms with E-state index in [-0.39, 0.29) is 5.56 Å². The minimum Gasteiger partial charge on any atom is -0.206 e. The van der Waals surface area contributed by atoms with Gasteiger partial charge in [0.1, 0.15) is 11.6 Å². The molecule has 2 heteroatoms. The molecule has 2 aromatic carbocycles. The Kier molecular flexibility index (Phi) is 3.00. The van der Waals surface area contributed by atoms with Crippen molar-refractivity contribution in [3.63, 3.8) is 0 Å². The van der Waals surface area contributed by atoms with Crippen LogP contribution in [0.15, 0.2) is 42.5 Å². The van der Waals surface area contributed by atoms with Gasteiger partial charge in [-0.2, -0.15) is 0 Å². The number of hydrogen-bond donors (Lipinski definition) is 0. The number of aryl methyl sites for hydroxylation is 1. The molecule has 0 bridgehead atoms. The van der Waals surface area contributed by atoms with Crippen molar-refractivity contribution in [2.24, 2.45) is 0 Å². The topological polar surface area (TPSA) is 0 Å². The molecule has 0 amide bonds. The number of halogens is 2. The van der Waals surface area contributed by atoms with Crippen LogP contribution in [0.5, 0.6) is 0 Å². The Hall–Kier alpha value is -1.70. The first-order chi connectivity index (χ1) is 7.72. The van der Waals surface area contributed by atoms with Gasteiger partial charge in [0, 0.05) is 0 Å². The summed E-state index contributed by atoms with van der Waals surface area (Å²) in [5.41, 5.74) is 1.78. The lowest BCUT2D eigenvalue weighted by Gasteiger charge is -2.05. The van der Waals surface area contributed by atoms with Gasteiger partial charge in [0.05, 0.1) is 5.56 Å². The van der Waals surface area contributed by atoms with Gasteiger partial charge in [0.25, 0.3) is 0 Å². The molecule has 0 aliphatic heterocycles. The van der Waals surface area contributed by atoms with Crippen LogP contribution in [0.3, 0.4) is 0 Å². The average Bonchev–Trinajstić information content (AvgIpc) is 2.30. The second-order valence-corrected chi connectivity index (χ2v) is 3.65. The van der Waals surface area contributed by atoms with Crippen molar-refractivity contribution in [1.29, 1.82) is 0 Å². The molecule has 16 heavy (non-hydrogen) atoms. The fraction of sp³-hybridized carbons (Fsp3) is 0.143. The second-order valence-electron chi connectivity index (χ2n) is 3.65. The number of rotatable bonds is 2. The molecule has 0 atom stereocenters. The Morgan fingerprint density at radius 3 is 1.94 bits per heavy atom. The van der Waals surface area contributed by atoms with Gasteiger partial charge in [-0.05, 0) is 29.7 Å². The largest absolute Gasteiger partial charge is 0.206 e. The van der Waals surface area contributed by atoms with Crippen molar-refractivity contribution in [3.8, 4) is 11.1 Å². The van der Waals surface area contributed by atoms with E-state index in [9.17, 15) is 8.78 Å². The maximum atomic E-state index is 13.5. The quantitative estimate of drug-likeness (QED) is 0.708. The monoisotopic (exact) mass is 218 g/mol. The van der Waals surface area contributed by atoms with Crippen LogP contribution in [0.4, 0.5) is 8.78 Å². The molecule has 0 aromatic heterocycles. The van der Waals surface area contributed by atoms with E-state index in [2.05, 4.69) is 0 Å². The van der Waals surface area contributed by atoms with Crippen molar-refractivity contribution < 1.29 is 8.78 Å². The summed E-state index contributed by atoms with van der Waals surface area (Å²) >= 11 is 0. The first-order valence-electron chi connectivity index (χ1n) is 5.25. The standard InChI is InChI=1S/C14H12F2/c1-2-10-6-8-11(9-7-10)14-12(15)4-3-5-13(14)16/h3-9H,2H2,1H3. The summed E-state index contributed by atoms with van der Waals surface area (Å²) in [5, 5.41) is 0. The van der Waals surface area contributed by atoms with Crippen LogP contribution in [-0.2, 0) is 6.42 Å². The maximum absolute atomic E-state index is 13.5. The third kappa shape index (κ3) is 1.96. The van der Waals surface area contributed by atoms with E-state index in [1.54, 1.807) is 12.1 Å². The van der Waals surface area contributed by atoms with Crippen molar-refractivity contribution in [1.82, 2.24) is 0 Å². The lowest BCUT2D eigenvalue weighted by molar-refractivity contribution is 0.589. The highest BCUT2D eigenvalue weighted by Gasteiger charge is 2.09. The highest BCUT2D eigenvalue weighted by Crippen LogP contribution is 2.26. The molecule has 0 fully saturated rings. The fourth-order valence-electron chi connectivity index (χ4n) is 1.68. The average molecular weight is 218 g/mol. The summed E-state index contributed by atoms with van der Waals surface area (Å²) in [6, 6.07) is 11.2. The lowest BCUT2D eigenvalue weighted by atomic mass is 10.0. The zero-order valence-corrected chi connectivity index (χ0v) is 9.00. The first kappa shape index (κ1) is 10.8. The van der Waals surface area contributed by atoms with Gasteiger partial charge in [0.15, 0.2) is 0 Å². The van der Waals surface area contributed by atoms with Gasteiger partial charge < -0.3 is 0 Å². The third-order valence-corrected chi connectivity index (χ3v) is 2.61. The molecule has 0 saturated heterocycles. The summed E-state index contributed by atoms with van der Waals surface area (Å²) in [6.45, 7) is 2.04. The van der Waals surface area contributed by atoms with E-state index >= 15 is 0 Å². The molecule has 0 unspecified atom stereocenters. The Balaban J connectivity index is 2.50. The maximum Gasteiger partial charge on any atom is 0.133 e. The van der Waals surface area contributed by atoms with E-state index in [1.807, 2.05) is 19.1 Å². The van der Waals surface area contributed by atoms with Crippen molar-refractivity contribution in [2.75, 3.05) is 0 Å². The van der Waals surface area contributed by atoms with Gasteiger partial charge in [-0.25, -0.2) is 8.78 Å². The van der Waals surface area contributed by atoms with E-state index in [0.717, 1.165) is 12.0 Å². The van der Waals surface area contributed by atoms with Crippen LogP contribution in [-0.4, -0.2) is 0 Å². The van der Waals surface area contributed by atoms with Crippen molar-refractivity contribution >= 4 is 0 Å². The summed E-state index contributed by atoms with van der Waals surface area (Å²) in [5.74, 6) is -1.05. The van der Waals surface area contributed by atoms with Crippen LogP contribution in [0.1, 0.15) is 12.5 Å². The van der Waals surface area contributed by atoms with Gasteiger partial charge in [-0.1, -0.05) is 37.3 Å². The Bertz CT molecular complexity index is 466. The molecule has 0 saturated carbocycles. The SMILES string of the molecule is CCc1ccc(-c2c(F)cccc2F)cc1. The minimum atomic E-state index is -0.524. The molecule has 0 aliphatic carbocycles. The summed E-state index contributed by atoms with van der Waals surface area (Å²) in [7, 11) is 0. The summed E-state index contributed by atoms with van der Waals surface area (Å²) < 4.78 is 27.0. The van der Waals surface area contributed by atoms with Gasteiger partial charge >= 0.3 is 0 Å². The third-order valence-electron chi connectivity index (χ3n) is 2.61. The molecule has 0 aliphatic rings. The zero-order chi connectivity index (χ0) is 11.5. The molecule has 2 aromatic rings. The Morgan fingerprint density at radius 1 is 0.875 bits per heavy atom. The van der Waals surface area contributed by atoms with Crippen LogP contribution >= 0.6 is 0 Å². The Morgan fingerprint density at radius 2 is 1.44 bits per heavy atom. The highest BCUT2D eigenvalue weighted by molar-refractivity contribution is 5.65. The van der Waals surface area contributed by atoms with Crippen LogP contribution < -0.4 is 0 Å². The summed E-state index contributed by atoms with van der Waals surface area (Å²) in [6.07, 6.45) is 0.917. The normalized spacial score (nSPS) is 10.4.